The fourth-order valence-electron chi connectivity index (χ4n) is 4.92. The highest BCUT2D eigenvalue weighted by Gasteiger charge is 2.50. The van der Waals surface area contributed by atoms with Crippen LogP contribution in [0, 0.1) is 5.41 Å². The number of rotatable bonds is 13. The fourth-order valence-corrected chi connectivity index (χ4v) is 6.83. The molecule has 1 saturated carbocycles. The highest BCUT2D eigenvalue weighted by Crippen LogP contribution is 2.47. The molecule has 0 radical (unpaired) electrons. The van der Waals surface area contributed by atoms with Gasteiger partial charge >= 0.3 is 6.18 Å². The van der Waals surface area contributed by atoms with Crippen LogP contribution in [0.25, 0.3) is 0 Å². The predicted molar refractivity (Wildman–Crippen MR) is 149 cm³/mol. The number of amidine groups is 1. The number of alkyl halides is 5. The van der Waals surface area contributed by atoms with Crippen LogP contribution in [0.1, 0.15) is 64.9 Å². The van der Waals surface area contributed by atoms with Gasteiger partial charge in [0.2, 0.25) is 21.9 Å². The number of aliphatic imine (C=N–C) groups is 1. The van der Waals surface area contributed by atoms with Crippen molar-refractivity contribution in [2.24, 2.45) is 10.4 Å². The van der Waals surface area contributed by atoms with E-state index in [1.54, 1.807) is 19.9 Å². The number of halogens is 7. The van der Waals surface area contributed by atoms with Gasteiger partial charge in [-0.3, -0.25) is 9.79 Å². The van der Waals surface area contributed by atoms with Crippen LogP contribution in [0.4, 0.5) is 22.0 Å². The van der Waals surface area contributed by atoms with Crippen LogP contribution in [0.15, 0.2) is 23.2 Å². The highest BCUT2D eigenvalue weighted by molar-refractivity contribution is 7.89. The molecular formula is C26H35Cl2F5N4O3S. The van der Waals surface area contributed by atoms with Crippen molar-refractivity contribution in [2.45, 2.75) is 89.5 Å². The monoisotopic (exact) mass is 648 g/mol. The van der Waals surface area contributed by atoms with Gasteiger partial charge in [0.15, 0.2) is 6.04 Å². The van der Waals surface area contributed by atoms with E-state index < -0.39 is 70.2 Å². The molecule has 3 rings (SSSR count). The minimum Gasteiger partial charge on any atom is -0.366 e. The lowest BCUT2D eigenvalue weighted by Gasteiger charge is -2.44. The summed E-state index contributed by atoms with van der Waals surface area (Å²) < 4.78 is 92.4. The average molecular weight is 650 g/mol. The number of sulfonamides is 1. The van der Waals surface area contributed by atoms with E-state index in [0.29, 0.717) is 37.6 Å². The Kier molecular flexibility index (Phi) is 10.3. The zero-order chi connectivity index (χ0) is 30.9. The van der Waals surface area contributed by atoms with E-state index in [2.05, 4.69) is 15.6 Å². The van der Waals surface area contributed by atoms with Crippen molar-refractivity contribution in [3.05, 3.63) is 33.8 Å². The Morgan fingerprint density at radius 1 is 1.15 bits per heavy atom. The molecule has 0 saturated heterocycles. The maximum atomic E-state index is 13.6. The molecule has 1 heterocycles. The maximum Gasteiger partial charge on any atom is 0.390 e. The summed E-state index contributed by atoms with van der Waals surface area (Å²) in [5, 5.41) is 6.06. The third-order valence-corrected chi connectivity index (χ3v) is 10.1. The molecule has 1 aromatic rings. The zero-order valence-corrected chi connectivity index (χ0v) is 25.4. The van der Waals surface area contributed by atoms with Gasteiger partial charge in [-0.1, -0.05) is 35.7 Å². The van der Waals surface area contributed by atoms with Crippen LogP contribution < -0.4 is 10.6 Å². The SMILES string of the molecule is CC(F)(F)CCS(=O)(=O)N(CCC1(C2=N[C@@H](C(=O)NCCC(F)(F)F)C(C)(C)N2)CCC1)Cc1ccc(Cl)c(Cl)c1. The van der Waals surface area contributed by atoms with Gasteiger partial charge < -0.3 is 10.6 Å². The molecule has 0 spiro atoms. The van der Waals surface area contributed by atoms with Gasteiger partial charge in [0.05, 0.1) is 27.8 Å². The lowest BCUT2D eigenvalue weighted by atomic mass is 9.65. The van der Waals surface area contributed by atoms with E-state index in [4.69, 9.17) is 23.2 Å². The molecule has 2 N–H and O–H groups in total. The van der Waals surface area contributed by atoms with Crippen LogP contribution in [0.2, 0.25) is 10.0 Å². The zero-order valence-electron chi connectivity index (χ0n) is 23.1. The molecule has 1 aliphatic heterocycles. The Morgan fingerprint density at radius 2 is 1.80 bits per heavy atom. The van der Waals surface area contributed by atoms with E-state index in [0.717, 1.165) is 10.7 Å². The van der Waals surface area contributed by atoms with Crippen molar-refractivity contribution in [1.82, 2.24) is 14.9 Å². The standard InChI is InChI=1S/C26H35Cl2F5N4O3S/c1-23(2)20(21(38)34-12-9-26(31,32)33)35-22(36-23)25(7-4-8-25)10-13-37(41(39,40)14-11-24(3,29)30)16-17-5-6-18(27)19(28)15-17/h5-6,15,20H,4,7-14,16H2,1-3H3,(H,34,38)(H,35,36)/t20-/m0/s1. The topological polar surface area (TPSA) is 90.9 Å². The predicted octanol–water partition coefficient (Wildman–Crippen LogP) is 5.95. The quantitative estimate of drug-likeness (QED) is 0.259. The molecule has 1 amide bonds. The molecular weight excluding hydrogens is 614 g/mol. The minimum absolute atomic E-state index is 0.0125. The smallest absolute Gasteiger partial charge is 0.366 e. The first-order chi connectivity index (χ1) is 18.7. The second kappa shape index (κ2) is 12.5. The average Bonchev–Trinajstić information content (AvgIpc) is 3.12. The lowest BCUT2D eigenvalue weighted by Crippen LogP contribution is -2.54. The lowest BCUT2D eigenvalue weighted by molar-refractivity contribution is -0.136. The van der Waals surface area contributed by atoms with Gasteiger partial charge in [-0.15, -0.1) is 0 Å². The second-order valence-electron chi connectivity index (χ2n) is 11.5. The van der Waals surface area contributed by atoms with Gasteiger partial charge in [-0.2, -0.15) is 17.5 Å². The number of carbonyl (C=O) groups excluding carboxylic acids is 1. The third kappa shape index (κ3) is 9.14. The van der Waals surface area contributed by atoms with E-state index >= 15 is 0 Å². The van der Waals surface area contributed by atoms with Crippen molar-refractivity contribution in [1.29, 1.82) is 0 Å². The van der Waals surface area contributed by atoms with Crippen molar-refractivity contribution in [3.63, 3.8) is 0 Å². The Bertz CT molecular complexity index is 1250. The fraction of sp³-hybridized carbons (Fsp3) is 0.692. The van der Waals surface area contributed by atoms with Gasteiger partial charge in [0.1, 0.15) is 5.84 Å². The van der Waals surface area contributed by atoms with Gasteiger partial charge in [-0.05, 0) is 57.7 Å². The molecule has 0 unspecified atom stereocenters. The molecule has 41 heavy (non-hydrogen) atoms. The molecule has 7 nitrogen and oxygen atoms in total. The summed E-state index contributed by atoms with van der Waals surface area (Å²) in [6.45, 7) is 3.41. The molecule has 1 fully saturated rings. The molecule has 1 aromatic carbocycles. The number of benzene rings is 1. The van der Waals surface area contributed by atoms with Crippen LogP contribution in [-0.4, -0.2) is 67.0 Å². The van der Waals surface area contributed by atoms with E-state index in [1.165, 1.54) is 12.1 Å². The molecule has 0 aromatic heterocycles. The first-order valence-electron chi connectivity index (χ1n) is 13.2. The first-order valence-corrected chi connectivity index (χ1v) is 15.6. The van der Waals surface area contributed by atoms with E-state index in [9.17, 15) is 35.2 Å². The van der Waals surface area contributed by atoms with Crippen LogP contribution >= 0.6 is 23.2 Å². The number of carbonyl (C=O) groups is 1. The molecule has 1 aliphatic carbocycles. The largest absolute Gasteiger partial charge is 0.390 e. The van der Waals surface area contributed by atoms with Crippen LogP contribution in [0.5, 0.6) is 0 Å². The second-order valence-corrected chi connectivity index (χ2v) is 14.4. The summed E-state index contributed by atoms with van der Waals surface area (Å²) in [5.74, 6) is -4.06. The summed E-state index contributed by atoms with van der Waals surface area (Å²) in [7, 11) is -4.12. The van der Waals surface area contributed by atoms with E-state index in [-0.39, 0.29) is 23.1 Å². The van der Waals surface area contributed by atoms with Crippen LogP contribution in [0.3, 0.4) is 0 Å². The van der Waals surface area contributed by atoms with Gasteiger partial charge in [0.25, 0.3) is 0 Å². The highest BCUT2D eigenvalue weighted by atomic mass is 35.5. The summed E-state index contributed by atoms with van der Waals surface area (Å²) in [6.07, 6.45) is -4.00. The Morgan fingerprint density at radius 3 is 2.34 bits per heavy atom. The number of amides is 1. The number of hydrogen-bond donors (Lipinski definition) is 2. The van der Waals surface area contributed by atoms with Crippen LogP contribution in [-0.2, 0) is 21.4 Å². The third-order valence-electron chi connectivity index (χ3n) is 7.53. The summed E-state index contributed by atoms with van der Waals surface area (Å²) >= 11 is 12.1. The number of nitrogens with one attached hydrogen (secondary N) is 2. The van der Waals surface area contributed by atoms with Crippen molar-refractivity contribution >= 4 is 45.0 Å². The molecule has 2 aliphatic rings. The first kappa shape index (κ1) is 33.8. The summed E-state index contributed by atoms with van der Waals surface area (Å²) in [4.78, 5) is 17.3. The number of hydrogen-bond acceptors (Lipinski definition) is 5. The normalized spacial score (nSPS) is 20.4. The van der Waals surface area contributed by atoms with Crippen molar-refractivity contribution in [2.75, 3.05) is 18.8 Å². The summed E-state index contributed by atoms with van der Waals surface area (Å²) in [5.41, 5.74) is -0.959. The maximum absolute atomic E-state index is 13.6. The molecule has 1 atom stereocenters. The van der Waals surface area contributed by atoms with Gasteiger partial charge in [0, 0.05) is 31.5 Å². The van der Waals surface area contributed by atoms with E-state index in [1.807, 2.05) is 0 Å². The summed E-state index contributed by atoms with van der Waals surface area (Å²) in [6, 6.07) is 3.67. The van der Waals surface area contributed by atoms with Gasteiger partial charge in [-0.25, -0.2) is 17.2 Å². The minimum atomic E-state index is -4.41. The number of nitrogens with zero attached hydrogens (tertiary/aromatic N) is 2. The molecule has 15 heteroatoms. The Labute approximate surface area is 247 Å². The van der Waals surface area contributed by atoms with Crippen molar-refractivity contribution in [3.8, 4) is 0 Å². The Balaban J connectivity index is 1.80. The molecule has 0 bridgehead atoms. The molecule has 232 valence electrons. The Hall–Kier alpha value is -1.70. The van der Waals surface area contributed by atoms with Crippen molar-refractivity contribution < 1.29 is 35.2 Å².